The number of rotatable bonds is 49. The summed E-state index contributed by atoms with van der Waals surface area (Å²) >= 11 is 0. The second-order valence-electron chi connectivity index (χ2n) is 23.8. The van der Waals surface area contributed by atoms with Gasteiger partial charge in [-0.1, -0.05) is 44.2 Å². The molecule has 0 aliphatic heterocycles. The Bertz CT molecular complexity index is 2960. The zero-order chi connectivity index (χ0) is 75.6. The lowest BCUT2D eigenvalue weighted by atomic mass is 9.99. The molecule has 12 atom stereocenters. The number of amides is 9. The average molecular weight is 1420 g/mol. The van der Waals surface area contributed by atoms with E-state index in [0.717, 1.165) is 6.92 Å². The summed E-state index contributed by atoms with van der Waals surface area (Å²) in [4.78, 5) is 164. The molecule has 0 heterocycles. The van der Waals surface area contributed by atoms with Gasteiger partial charge in [0.15, 0.2) is 41.8 Å². The van der Waals surface area contributed by atoms with Gasteiger partial charge in [-0.15, -0.1) is 0 Å². The molecule has 0 saturated carbocycles. The molecule has 41 nitrogen and oxygen atoms in total. The Hall–Kier alpha value is -10.6. The first-order valence-corrected chi connectivity index (χ1v) is 32.5. The number of hydrogen-bond donors (Lipinski definition) is 25. The Kier molecular flexibility index (Phi) is 41.4. The Labute approximate surface area is 580 Å². The Morgan fingerprint density at radius 2 is 0.610 bits per heavy atom. The standard InChI is InChI=1S/C59H108N28O13/c1-30(2)28-40(50(96)82-36(18-10-24-75-56(65)66)46(92)81-39(21-13-27-78-59(71)72)49(95)87-43(32(4)89)53(99)100)84-51(97)41(29-33-14-6-5-7-15-33)85-48(94)37(19-11-25-76-57(67)68)80-45(91)35(17-9-23-74-55(63)64)79-47(93)38(20-12-26-77-58(69)70)83-52(98)42(31(3)88)86-44(90)34(60)16-8-22-73-54(61)62/h5-7,14-15,30-32,34-43,88-89H,8-13,16-29,60H2,1-4H3,(H,79,93)(H,80,91)(H,81,92)(H,82,96)(H,83,98)(H,84,97)(H,85,94)(H,86,90)(H,87,95)(H,99,100)(H4,61,62,73)(H4,63,64,74)(H4,65,66,75)(H4,67,68,76)(H4,69,70,77)(H4,71,72,78)/t31-,32-,34+,35+,36+,37+,38+,39+,40+,41-,42+,43+/m1/s1. The summed E-state index contributed by atoms with van der Waals surface area (Å²) < 4.78 is 0. The molecule has 1 aromatic carbocycles. The maximum Gasteiger partial charge on any atom is 0.328 e. The third kappa shape index (κ3) is 37.8. The maximum atomic E-state index is 14.9. The van der Waals surface area contributed by atoms with E-state index in [1.165, 1.54) is 6.92 Å². The number of carbonyl (C=O) groups excluding carboxylic acids is 9. The highest BCUT2D eigenvalue weighted by atomic mass is 16.4. The van der Waals surface area contributed by atoms with Gasteiger partial charge in [-0.3, -0.25) is 73.1 Å². The third-order valence-corrected chi connectivity index (χ3v) is 14.6. The van der Waals surface area contributed by atoms with Crippen LogP contribution in [0.5, 0.6) is 0 Å². The number of hydrogen-bond acceptors (Lipinski definition) is 19. The molecular weight excluding hydrogens is 1310 g/mol. The zero-order valence-electron chi connectivity index (χ0n) is 57.1. The van der Waals surface area contributed by atoms with Crippen molar-refractivity contribution in [3.05, 3.63) is 35.9 Å². The topological polar surface area (TPSA) is 752 Å². The van der Waals surface area contributed by atoms with Crippen LogP contribution in [0.4, 0.5) is 0 Å². The number of aliphatic carboxylic acids is 1. The molecule has 100 heavy (non-hydrogen) atoms. The van der Waals surface area contributed by atoms with Gasteiger partial charge in [0.05, 0.1) is 18.2 Å². The minimum Gasteiger partial charge on any atom is -0.480 e. The Balaban J connectivity index is 3.95. The number of nitrogens with zero attached hydrogens (tertiary/aromatic N) is 6. The first-order chi connectivity index (χ1) is 47.0. The van der Waals surface area contributed by atoms with Crippen molar-refractivity contribution in [1.82, 2.24) is 47.9 Å². The summed E-state index contributed by atoms with van der Waals surface area (Å²) in [6.45, 7) is 5.77. The van der Waals surface area contributed by atoms with Crippen LogP contribution in [0.2, 0.25) is 0 Å². The monoisotopic (exact) mass is 1420 g/mol. The van der Waals surface area contributed by atoms with Crippen molar-refractivity contribution in [3.8, 4) is 0 Å². The van der Waals surface area contributed by atoms with Crippen molar-refractivity contribution in [2.45, 2.75) is 190 Å². The van der Waals surface area contributed by atoms with Gasteiger partial charge in [0, 0.05) is 45.7 Å². The summed E-state index contributed by atoms with van der Waals surface area (Å²) in [5, 5.41) is 53.6. The van der Waals surface area contributed by atoms with Crippen LogP contribution in [0.1, 0.15) is 117 Å². The molecule has 0 aliphatic rings. The van der Waals surface area contributed by atoms with Crippen LogP contribution in [-0.4, -0.2) is 222 Å². The van der Waals surface area contributed by atoms with Crippen molar-refractivity contribution in [2.75, 3.05) is 39.3 Å². The van der Waals surface area contributed by atoms with Gasteiger partial charge >= 0.3 is 5.97 Å². The summed E-state index contributed by atoms with van der Waals surface area (Å²) in [6, 6.07) is -6.79. The van der Waals surface area contributed by atoms with Gasteiger partial charge in [-0.2, -0.15) is 0 Å². The zero-order valence-corrected chi connectivity index (χ0v) is 57.1. The van der Waals surface area contributed by atoms with Crippen molar-refractivity contribution in [1.29, 1.82) is 0 Å². The first kappa shape index (κ1) is 87.4. The second-order valence-corrected chi connectivity index (χ2v) is 23.8. The highest BCUT2D eigenvalue weighted by molar-refractivity contribution is 5.99. The number of nitrogens with two attached hydrogens (primary N) is 13. The van der Waals surface area contributed by atoms with E-state index in [0.29, 0.717) is 5.56 Å². The summed E-state index contributed by atoms with van der Waals surface area (Å²) in [5.41, 5.74) is 72.9. The van der Waals surface area contributed by atoms with Gasteiger partial charge < -0.3 is 138 Å². The summed E-state index contributed by atoms with van der Waals surface area (Å²) in [7, 11) is 0. The van der Waals surface area contributed by atoms with Crippen molar-refractivity contribution >= 4 is 94.9 Å². The Morgan fingerprint density at radius 1 is 0.350 bits per heavy atom. The average Bonchev–Trinajstić information content (AvgIpc) is 0.882. The number of guanidine groups is 6. The van der Waals surface area contributed by atoms with Gasteiger partial charge in [0.1, 0.15) is 48.3 Å². The molecule has 0 aliphatic carbocycles. The number of nitrogens with one attached hydrogen (secondary N) is 9. The molecule has 0 spiro atoms. The predicted octanol–water partition coefficient (Wildman–Crippen LogP) is -9.87. The quantitative estimate of drug-likeness (QED) is 0.0164. The van der Waals surface area contributed by atoms with Gasteiger partial charge in [-0.25, -0.2) is 4.79 Å². The highest BCUT2D eigenvalue weighted by Gasteiger charge is 2.37. The van der Waals surface area contributed by atoms with Crippen LogP contribution in [0.25, 0.3) is 0 Å². The number of benzene rings is 1. The van der Waals surface area contributed by atoms with Crippen molar-refractivity contribution in [3.63, 3.8) is 0 Å². The van der Waals surface area contributed by atoms with Crippen LogP contribution in [0.15, 0.2) is 60.3 Å². The smallest absolute Gasteiger partial charge is 0.328 e. The molecule has 562 valence electrons. The van der Waals surface area contributed by atoms with Crippen LogP contribution >= 0.6 is 0 Å². The van der Waals surface area contributed by atoms with E-state index in [4.69, 9.17) is 74.5 Å². The molecule has 0 radical (unpaired) electrons. The number of aliphatic hydroxyl groups excluding tert-OH is 2. The molecule has 9 amide bonds. The Morgan fingerprint density at radius 3 is 0.910 bits per heavy atom. The van der Waals surface area contributed by atoms with Crippen molar-refractivity contribution in [2.24, 2.45) is 110 Å². The van der Waals surface area contributed by atoms with E-state index in [2.05, 4.69) is 77.8 Å². The van der Waals surface area contributed by atoms with Crippen LogP contribution in [0, 0.1) is 5.92 Å². The number of aliphatic hydroxyl groups is 2. The van der Waals surface area contributed by atoms with Crippen LogP contribution in [0.3, 0.4) is 0 Å². The molecule has 38 N–H and O–H groups in total. The van der Waals surface area contributed by atoms with Gasteiger partial charge in [-0.05, 0) is 109 Å². The largest absolute Gasteiger partial charge is 0.480 e. The predicted molar refractivity (Wildman–Crippen MR) is 375 cm³/mol. The number of carboxylic acids is 1. The number of carboxylic acid groups (broad SMARTS) is 1. The molecular formula is C59H108N28O13. The molecule has 0 aromatic heterocycles. The van der Waals surface area contributed by atoms with E-state index < -0.39 is 132 Å². The fourth-order valence-electron chi connectivity index (χ4n) is 9.48. The van der Waals surface area contributed by atoms with Crippen LogP contribution in [-0.2, 0) is 54.4 Å². The normalized spacial score (nSPS) is 14.5. The van der Waals surface area contributed by atoms with Crippen LogP contribution < -0.4 is 122 Å². The van der Waals surface area contributed by atoms with E-state index in [1.807, 2.05) is 0 Å². The minimum atomic E-state index is -1.79. The van der Waals surface area contributed by atoms with Gasteiger partial charge in [0.2, 0.25) is 53.2 Å². The number of carbonyl (C=O) groups is 10. The third-order valence-electron chi connectivity index (χ3n) is 14.6. The number of aliphatic imine (C=N–C) groups is 6. The molecule has 1 rings (SSSR count). The van der Waals surface area contributed by atoms with E-state index in [1.54, 1.807) is 44.2 Å². The minimum absolute atomic E-state index is 0.0161. The van der Waals surface area contributed by atoms with E-state index in [-0.39, 0.29) is 171 Å². The van der Waals surface area contributed by atoms with E-state index >= 15 is 0 Å². The molecule has 41 heteroatoms. The lowest BCUT2D eigenvalue weighted by Crippen LogP contribution is -2.61. The molecule has 0 saturated heterocycles. The fourth-order valence-corrected chi connectivity index (χ4v) is 9.48. The lowest BCUT2D eigenvalue weighted by Gasteiger charge is -2.29. The van der Waals surface area contributed by atoms with Crippen molar-refractivity contribution < 1.29 is 63.3 Å². The summed E-state index contributed by atoms with van der Waals surface area (Å²) in [5.74, 6) is -12.0. The molecule has 1 aromatic rings. The molecule has 0 bridgehead atoms. The highest BCUT2D eigenvalue weighted by Crippen LogP contribution is 2.14. The maximum absolute atomic E-state index is 14.9. The second kappa shape index (κ2) is 47.4. The lowest BCUT2D eigenvalue weighted by molar-refractivity contribution is -0.145. The first-order valence-electron chi connectivity index (χ1n) is 32.5. The molecule has 0 unspecified atom stereocenters. The van der Waals surface area contributed by atoms with E-state index in [9.17, 15) is 63.3 Å². The molecule has 0 fully saturated rings. The van der Waals surface area contributed by atoms with Gasteiger partial charge in [0.25, 0.3) is 0 Å². The SMILES string of the molecule is CC(C)C[C@H](NC(=O)[C@@H](Cc1ccccc1)NC(=O)[C@H](CCCN=C(N)N)NC(=O)[C@H](CCCN=C(N)N)NC(=O)[C@H](CCCN=C(N)N)NC(=O)[C@@H](NC(=O)[C@@H](N)CCCN=C(N)N)[C@@H](C)O)C(=O)N[C@@H](CCCN=C(N)N)C(=O)N[C@@H](CCCN=C(N)N)C(=O)N[C@H](C(=O)O)[C@@H](C)O. The summed E-state index contributed by atoms with van der Waals surface area (Å²) in [6.07, 6.45) is -3.69. The fraction of sp³-hybridized carbons (Fsp3) is 0.627.